The fraction of sp³-hybridized carbons (Fsp3) is 0.345. The summed E-state index contributed by atoms with van der Waals surface area (Å²) in [5.74, 6) is 0.436. The number of hydrogen-bond donors (Lipinski definition) is 0. The number of carbonyl (C=O) groups is 2. The van der Waals surface area contributed by atoms with Crippen molar-refractivity contribution in [2.75, 3.05) is 53.2 Å². The minimum Gasteiger partial charge on any atom is -0.497 e. The molecule has 0 N–H and O–H groups in total. The molecule has 3 aromatic rings. The summed E-state index contributed by atoms with van der Waals surface area (Å²) in [6.45, 7) is 3.85. The average Bonchev–Trinajstić information content (AvgIpc) is 2.99. The summed E-state index contributed by atoms with van der Waals surface area (Å²) in [5.41, 5.74) is 3.14. The molecule has 9 heteroatoms. The van der Waals surface area contributed by atoms with Crippen molar-refractivity contribution in [3.8, 4) is 5.75 Å². The third kappa shape index (κ3) is 6.92. The molecule has 1 aliphatic heterocycles. The molecule has 1 fully saturated rings. The van der Waals surface area contributed by atoms with Crippen LogP contribution in [0.25, 0.3) is 0 Å². The largest absolute Gasteiger partial charge is 0.497 e. The van der Waals surface area contributed by atoms with E-state index in [4.69, 9.17) is 14.2 Å². The number of thioether (sulfide) groups is 1. The number of esters is 1. The van der Waals surface area contributed by atoms with E-state index in [1.807, 2.05) is 59.7 Å². The van der Waals surface area contributed by atoms with Crippen LogP contribution in [0, 0.1) is 0 Å². The molecule has 1 unspecified atom stereocenters. The lowest BCUT2D eigenvalue weighted by molar-refractivity contribution is 0.00327. The van der Waals surface area contributed by atoms with Crippen LogP contribution in [0.5, 0.6) is 5.75 Å². The minimum absolute atomic E-state index is 0.0260. The number of benzene rings is 2. The molecule has 8 nitrogen and oxygen atoms in total. The van der Waals surface area contributed by atoms with Gasteiger partial charge in [0.05, 0.1) is 38.1 Å². The van der Waals surface area contributed by atoms with Gasteiger partial charge in [0.1, 0.15) is 10.8 Å². The average molecular weight is 536 g/mol. The number of piperazine rings is 1. The van der Waals surface area contributed by atoms with Crippen molar-refractivity contribution in [2.45, 2.75) is 17.7 Å². The molecule has 2 aromatic carbocycles. The number of methoxy groups -OCH3 is 2. The topological polar surface area (TPSA) is 81.2 Å². The van der Waals surface area contributed by atoms with Gasteiger partial charge in [-0.2, -0.15) is 0 Å². The lowest BCUT2D eigenvalue weighted by Crippen LogP contribution is -2.49. The van der Waals surface area contributed by atoms with E-state index in [2.05, 4.69) is 9.88 Å². The number of ether oxygens (including phenoxy) is 3. The molecule has 1 saturated heterocycles. The number of amides is 1. The second-order valence-corrected chi connectivity index (χ2v) is 9.71. The second kappa shape index (κ2) is 13.4. The summed E-state index contributed by atoms with van der Waals surface area (Å²) in [6, 6.07) is 18.8. The van der Waals surface area contributed by atoms with Crippen LogP contribution < -0.4 is 4.74 Å². The van der Waals surface area contributed by atoms with Gasteiger partial charge >= 0.3 is 5.97 Å². The molecule has 38 heavy (non-hydrogen) atoms. The molecule has 4 rings (SSSR count). The van der Waals surface area contributed by atoms with Gasteiger partial charge in [-0.05, 0) is 53.8 Å². The number of nitrogens with zero attached hydrogens (tertiary/aromatic N) is 3. The van der Waals surface area contributed by atoms with Crippen molar-refractivity contribution in [3.05, 3.63) is 89.1 Å². The lowest BCUT2D eigenvalue weighted by Gasteiger charge is -2.36. The number of aromatic nitrogens is 1. The summed E-state index contributed by atoms with van der Waals surface area (Å²) in [6.07, 6.45) is 3.45. The van der Waals surface area contributed by atoms with Crippen LogP contribution in [0.2, 0.25) is 0 Å². The molecule has 1 aromatic heterocycles. The van der Waals surface area contributed by atoms with Crippen LogP contribution in [0.1, 0.15) is 37.9 Å². The Kier molecular flexibility index (Phi) is 9.75. The Bertz CT molecular complexity index is 1230. The maximum atomic E-state index is 13.1. The first-order valence-corrected chi connectivity index (χ1v) is 13.7. The second-order valence-electron chi connectivity index (χ2n) is 8.92. The van der Waals surface area contributed by atoms with Crippen molar-refractivity contribution in [1.82, 2.24) is 14.8 Å². The molecular weight excluding hydrogens is 502 g/mol. The Balaban J connectivity index is 1.41. The van der Waals surface area contributed by atoms with Gasteiger partial charge in [0.25, 0.3) is 5.91 Å². The highest BCUT2D eigenvalue weighted by molar-refractivity contribution is 7.98. The first-order valence-electron chi connectivity index (χ1n) is 12.5. The van der Waals surface area contributed by atoms with E-state index in [0.717, 1.165) is 35.0 Å². The maximum Gasteiger partial charge on any atom is 0.337 e. The summed E-state index contributed by atoms with van der Waals surface area (Å²) >= 11 is 1.49. The fourth-order valence-electron chi connectivity index (χ4n) is 4.40. The van der Waals surface area contributed by atoms with Crippen LogP contribution in [0.15, 0.2) is 71.9 Å². The van der Waals surface area contributed by atoms with Gasteiger partial charge in [0, 0.05) is 38.9 Å². The predicted molar refractivity (Wildman–Crippen MR) is 147 cm³/mol. The van der Waals surface area contributed by atoms with Crippen molar-refractivity contribution in [3.63, 3.8) is 0 Å². The van der Waals surface area contributed by atoms with Crippen molar-refractivity contribution in [2.24, 2.45) is 0 Å². The van der Waals surface area contributed by atoms with Gasteiger partial charge in [0.2, 0.25) is 0 Å². The monoisotopic (exact) mass is 535 g/mol. The predicted octanol–water partition coefficient (Wildman–Crippen LogP) is 4.31. The first-order chi connectivity index (χ1) is 18.5. The maximum absolute atomic E-state index is 13.1. The highest BCUT2D eigenvalue weighted by Crippen LogP contribution is 2.26. The van der Waals surface area contributed by atoms with Crippen LogP contribution in [-0.4, -0.2) is 79.9 Å². The van der Waals surface area contributed by atoms with Crippen LogP contribution in [0.4, 0.5) is 0 Å². The Morgan fingerprint density at radius 3 is 2.45 bits per heavy atom. The van der Waals surface area contributed by atoms with E-state index in [1.54, 1.807) is 25.4 Å². The molecule has 1 aliphatic rings. The third-order valence-corrected chi connectivity index (χ3v) is 7.28. The van der Waals surface area contributed by atoms with Crippen molar-refractivity contribution < 1.29 is 23.8 Å². The molecule has 1 amide bonds. The van der Waals surface area contributed by atoms with E-state index in [9.17, 15) is 9.59 Å². The van der Waals surface area contributed by atoms with Crippen LogP contribution in [0.3, 0.4) is 0 Å². The van der Waals surface area contributed by atoms with E-state index >= 15 is 0 Å². The van der Waals surface area contributed by atoms with E-state index in [0.29, 0.717) is 37.4 Å². The summed E-state index contributed by atoms with van der Waals surface area (Å²) in [4.78, 5) is 33.4. The lowest BCUT2D eigenvalue weighted by atomic mass is 10.1. The van der Waals surface area contributed by atoms with Crippen LogP contribution >= 0.6 is 11.8 Å². The smallest absolute Gasteiger partial charge is 0.337 e. The molecule has 0 spiro atoms. The Morgan fingerprint density at radius 1 is 1.00 bits per heavy atom. The summed E-state index contributed by atoms with van der Waals surface area (Å²) < 4.78 is 16.6. The first kappa shape index (κ1) is 27.6. The quantitative estimate of drug-likeness (QED) is 0.281. The SMILES string of the molecule is COC(=O)c1ccc(COC(CN2CCN(C(=O)c3cccnc3SC)CC2)c2cccc(OC)c2)cc1. The fourth-order valence-corrected chi connectivity index (χ4v) is 4.94. The number of rotatable bonds is 10. The van der Waals surface area contributed by atoms with Crippen LogP contribution in [-0.2, 0) is 16.1 Å². The van der Waals surface area contributed by atoms with Gasteiger partial charge in [-0.1, -0.05) is 24.3 Å². The molecule has 1 atom stereocenters. The highest BCUT2D eigenvalue weighted by Gasteiger charge is 2.26. The zero-order valence-corrected chi connectivity index (χ0v) is 22.8. The minimum atomic E-state index is -0.363. The van der Waals surface area contributed by atoms with Gasteiger partial charge in [-0.15, -0.1) is 11.8 Å². The van der Waals surface area contributed by atoms with Gasteiger partial charge in [-0.3, -0.25) is 9.69 Å². The standard InChI is InChI=1S/C29H33N3O5S/c1-35-24-7-4-6-23(18-24)26(37-20-21-9-11-22(12-10-21)29(34)36-2)19-31-14-16-32(17-15-31)28(33)25-8-5-13-30-27(25)38-3/h4-13,18,26H,14-17,19-20H2,1-3H3. The molecular formula is C29H33N3O5S. The molecule has 0 aliphatic carbocycles. The Hall–Kier alpha value is -3.40. The van der Waals surface area contributed by atoms with Gasteiger partial charge in [0.15, 0.2) is 0 Å². The molecule has 2 heterocycles. The zero-order valence-electron chi connectivity index (χ0n) is 22.0. The number of hydrogen-bond acceptors (Lipinski definition) is 8. The van der Waals surface area contributed by atoms with E-state index in [1.165, 1.54) is 18.9 Å². The Morgan fingerprint density at radius 2 is 1.76 bits per heavy atom. The van der Waals surface area contributed by atoms with Crippen molar-refractivity contribution in [1.29, 1.82) is 0 Å². The zero-order chi connectivity index (χ0) is 26.9. The van der Waals surface area contributed by atoms with Gasteiger partial charge in [-0.25, -0.2) is 9.78 Å². The van der Waals surface area contributed by atoms with E-state index in [-0.39, 0.29) is 18.0 Å². The number of carbonyl (C=O) groups excluding carboxylic acids is 2. The summed E-state index contributed by atoms with van der Waals surface area (Å²) in [7, 11) is 3.02. The molecule has 200 valence electrons. The Labute approximate surface area is 227 Å². The highest BCUT2D eigenvalue weighted by atomic mass is 32.2. The van der Waals surface area contributed by atoms with Gasteiger partial charge < -0.3 is 19.1 Å². The molecule has 0 saturated carbocycles. The third-order valence-electron chi connectivity index (χ3n) is 6.57. The summed E-state index contributed by atoms with van der Waals surface area (Å²) in [5, 5.41) is 0.756. The normalized spacial score (nSPS) is 14.7. The van der Waals surface area contributed by atoms with Crippen molar-refractivity contribution >= 4 is 23.6 Å². The van der Waals surface area contributed by atoms with E-state index < -0.39 is 0 Å². The number of pyridine rings is 1. The molecule has 0 radical (unpaired) electrons. The molecule has 0 bridgehead atoms.